The number of amides is 1. The summed E-state index contributed by atoms with van der Waals surface area (Å²) in [5.41, 5.74) is 4.68. The quantitative estimate of drug-likeness (QED) is 0.599. The number of aromatic nitrogens is 3. The van der Waals surface area contributed by atoms with Crippen LogP contribution in [0.1, 0.15) is 15.9 Å². The summed E-state index contributed by atoms with van der Waals surface area (Å²) in [6.07, 6.45) is 0. The number of carbonyl (C=O) groups excluding carboxylic acids is 1. The number of rotatable bonds is 4. The molecule has 1 heterocycles. The molecule has 4 rings (SSSR count). The highest BCUT2D eigenvalue weighted by Crippen LogP contribution is 2.19. The summed E-state index contributed by atoms with van der Waals surface area (Å²) in [7, 11) is 1.63. The van der Waals surface area contributed by atoms with Gasteiger partial charge in [-0.25, -0.2) is 0 Å². The Balaban J connectivity index is 1.58. The Morgan fingerprint density at radius 1 is 0.926 bits per heavy atom. The lowest BCUT2D eigenvalue weighted by atomic mass is 10.1. The van der Waals surface area contributed by atoms with Crippen molar-refractivity contribution < 1.29 is 9.53 Å². The van der Waals surface area contributed by atoms with Gasteiger partial charge in [0.2, 0.25) is 0 Å². The fourth-order valence-corrected chi connectivity index (χ4v) is 2.73. The van der Waals surface area contributed by atoms with Gasteiger partial charge < -0.3 is 10.1 Å². The molecule has 0 atom stereocenters. The average Bonchev–Trinajstić information content (AvgIpc) is 3.12. The normalized spacial score (nSPS) is 10.7. The second-order valence-electron chi connectivity index (χ2n) is 6.21. The molecule has 0 bridgehead atoms. The molecule has 1 aromatic heterocycles. The average molecular weight is 358 g/mol. The first-order chi connectivity index (χ1) is 13.1. The van der Waals surface area contributed by atoms with Crippen LogP contribution in [0.5, 0.6) is 5.75 Å². The zero-order valence-electron chi connectivity index (χ0n) is 15.0. The summed E-state index contributed by atoms with van der Waals surface area (Å²) in [6, 6.07) is 20.4. The molecule has 134 valence electrons. The van der Waals surface area contributed by atoms with Crippen molar-refractivity contribution in [3.05, 3.63) is 77.9 Å². The number of benzene rings is 3. The van der Waals surface area contributed by atoms with Crippen LogP contribution < -0.4 is 10.1 Å². The lowest BCUT2D eigenvalue weighted by Gasteiger charge is -2.05. The number of fused-ring (bicyclic) bond motifs is 1. The van der Waals surface area contributed by atoms with E-state index in [0.717, 1.165) is 22.5 Å². The molecular formula is C21H18N4O2. The first kappa shape index (κ1) is 16.8. The highest BCUT2D eigenvalue weighted by molar-refractivity contribution is 6.04. The number of aryl methyl sites for hydroxylation is 1. The van der Waals surface area contributed by atoms with Crippen LogP contribution in [0, 0.1) is 6.92 Å². The SMILES string of the molecule is COc1ccc(-n2nc3ccc(NC(=O)c4ccc(C)cc4)cc3n2)cc1. The van der Waals surface area contributed by atoms with E-state index >= 15 is 0 Å². The van der Waals surface area contributed by atoms with Crippen molar-refractivity contribution in [1.82, 2.24) is 15.0 Å². The van der Waals surface area contributed by atoms with E-state index in [9.17, 15) is 4.79 Å². The van der Waals surface area contributed by atoms with Crippen molar-refractivity contribution in [3.8, 4) is 11.4 Å². The third-order valence-corrected chi connectivity index (χ3v) is 4.26. The van der Waals surface area contributed by atoms with Gasteiger partial charge in [-0.05, 0) is 61.5 Å². The molecule has 3 aromatic carbocycles. The van der Waals surface area contributed by atoms with Gasteiger partial charge in [-0.1, -0.05) is 17.7 Å². The van der Waals surface area contributed by atoms with Crippen LogP contribution >= 0.6 is 0 Å². The number of nitrogens with one attached hydrogen (secondary N) is 1. The van der Waals surface area contributed by atoms with Crippen LogP contribution in [-0.2, 0) is 0 Å². The van der Waals surface area contributed by atoms with Crippen molar-refractivity contribution in [2.75, 3.05) is 12.4 Å². The highest BCUT2D eigenvalue weighted by Gasteiger charge is 2.09. The summed E-state index contributed by atoms with van der Waals surface area (Å²) < 4.78 is 5.17. The number of ether oxygens (including phenoxy) is 1. The number of methoxy groups -OCH3 is 1. The van der Waals surface area contributed by atoms with Gasteiger partial charge in [-0.15, -0.1) is 10.2 Å². The van der Waals surface area contributed by atoms with Crippen molar-refractivity contribution >= 4 is 22.6 Å². The molecule has 6 nitrogen and oxygen atoms in total. The fraction of sp³-hybridized carbons (Fsp3) is 0.0952. The second-order valence-corrected chi connectivity index (χ2v) is 6.21. The maximum Gasteiger partial charge on any atom is 0.255 e. The standard InChI is InChI=1S/C21H18N4O2/c1-14-3-5-15(6-4-14)21(26)22-16-7-12-19-20(13-16)24-25(23-19)17-8-10-18(27-2)11-9-17/h3-13H,1-2H3,(H,22,26). The van der Waals surface area contributed by atoms with Gasteiger partial charge in [0.1, 0.15) is 16.8 Å². The molecular weight excluding hydrogens is 340 g/mol. The van der Waals surface area contributed by atoms with Crippen LogP contribution in [-0.4, -0.2) is 28.0 Å². The van der Waals surface area contributed by atoms with Crippen molar-refractivity contribution in [3.63, 3.8) is 0 Å². The van der Waals surface area contributed by atoms with E-state index < -0.39 is 0 Å². The van der Waals surface area contributed by atoms with Gasteiger partial charge in [-0.3, -0.25) is 4.79 Å². The first-order valence-electron chi connectivity index (χ1n) is 8.52. The Morgan fingerprint density at radius 3 is 2.33 bits per heavy atom. The summed E-state index contributed by atoms with van der Waals surface area (Å²) in [5.74, 6) is 0.619. The Hall–Kier alpha value is -3.67. The van der Waals surface area contributed by atoms with Gasteiger partial charge in [0, 0.05) is 11.3 Å². The molecule has 0 aliphatic rings. The van der Waals surface area contributed by atoms with E-state index in [1.54, 1.807) is 11.9 Å². The maximum absolute atomic E-state index is 12.4. The number of hydrogen-bond acceptors (Lipinski definition) is 4. The maximum atomic E-state index is 12.4. The molecule has 0 radical (unpaired) electrons. The van der Waals surface area contributed by atoms with Gasteiger partial charge >= 0.3 is 0 Å². The molecule has 1 N–H and O–H groups in total. The van der Waals surface area contributed by atoms with Crippen LogP contribution in [0.3, 0.4) is 0 Å². The fourth-order valence-electron chi connectivity index (χ4n) is 2.73. The number of nitrogens with zero attached hydrogens (tertiary/aromatic N) is 3. The summed E-state index contributed by atoms with van der Waals surface area (Å²) in [4.78, 5) is 13.9. The molecule has 0 aliphatic heterocycles. The van der Waals surface area contributed by atoms with Crippen LogP contribution in [0.15, 0.2) is 66.7 Å². The molecule has 4 aromatic rings. The van der Waals surface area contributed by atoms with E-state index in [1.807, 2.05) is 73.7 Å². The molecule has 27 heavy (non-hydrogen) atoms. The predicted molar refractivity (Wildman–Crippen MR) is 105 cm³/mol. The minimum Gasteiger partial charge on any atom is -0.497 e. The molecule has 0 aliphatic carbocycles. The molecule has 1 amide bonds. The molecule has 6 heteroatoms. The summed E-state index contributed by atoms with van der Waals surface area (Å²) >= 11 is 0. The Morgan fingerprint density at radius 2 is 1.63 bits per heavy atom. The molecule has 0 unspecified atom stereocenters. The predicted octanol–water partition coefficient (Wildman–Crippen LogP) is 3.99. The third-order valence-electron chi connectivity index (χ3n) is 4.26. The van der Waals surface area contributed by atoms with E-state index in [-0.39, 0.29) is 5.91 Å². The minimum absolute atomic E-state index is 0.156. The van der Waals surface area contributed by atoms with Gasteiger partial charge in [-0.2, -0.15) is 4.80 Å². The zero-order chi connectivity index (χ0) is 18.8. The first-order valence-corrected chi connectivity index (χ1v) is 8.52. The van der Waals surface area contributed by atoms with E-state index in [4.69, 9.17) is 4.74 Å². The Kier molecular flexibility index (Phi) is 4.30. The van der Waals surface area contributed by atoms with Crippen molar-refractivity contribution in [1.29, 1.82) is 0 Å². The topological polar surface area (TPSA) is 69.0 Å². The van der Waals surface area contributed by atoms with Crippen LogP contribution in [0.4, 0.5) is 5.69 Å². The summed E-state index contributed by atoms with van der Waals surface area (Å²) in [6.45, 7) is 1.99. The lowest BCUT2D eigenvalue weighted by Crippen LogP contribution is -2.11. The van der Waals surface area contributed by atoms with Crippen LogP contribution in [0.2, 0.25) is 0 Å². The second kappa shape index (κ2) is 6.92. The Bertz CT molecular complexity index is 1100. The molecule has 0 saturated heterocycles. The minimum atomic E-state index is -0.156. The molecule has 0 saturated carbocycles. The third kappa shape index (κ3) is 3.50. The zero-order valence-corrected chi connectivity index (χ0v) is 15.0. The van der Waals surface area contributed by atoms with E-state index in [0.29, 0.717) is 16.8 Å². The Labute approximate surface area is 156 Å². The number of anilines is 1. The van der Waals surface area contributed by atoms with Gasteiger partial charge in [0.25, 0.3) is 5.91 Å². The van der Waals surface area contributed by atoms with E-state index in [2.05, 4.69) is 15.5 Å². The highest BCUT2D eigenvalue weighted by atomic mass is 16.5. The van der Waals surface area contributed by atoms with Crippen molar-refractivity contribution in [2.45, 2.75) is 6.92 Å². The summed E-state index contributed by atoms with van der Waals surface area (Å²) in [5, 5.41) is 11.9. The van der Waals surface area contributed by atoms with Gasteiger partial charge in [0.05, 0.1) is 12.8 Å². The molecule has 0 fully saturated rings. The van der Waals surface area contributed by atoms with Gasteiger partial charge in [0.15, 0.2) is 0 Å². The smallest absolute Gasteiger partial charge is 0.255 e. The van der Waals surface area contributed by atoms with E-state index in [1.165, 1.54) is 0 Å². The number of hydrogen-bond donors (Lipinski definition) is 1. The van der Waals surface area contributed by atoms with Crippen LogP contribution in [0.25, 0.3) is 16.7 Å². The molecule has 0 spiro atoms. The monoisotopic (exact) mass is 358 g/mol. The number of carbonyl (C=O) groups is 1. The lowest BCUT2D eigenvalue weighted by molar-refractivity contribution is 0.102. The van der Waals surface area contributed by atoms with Crippen molar-refractivity contribution in [2.24, 2.45) is 0 Å². The largest absolute Gasteiger partial charge is 0.497 e.